The van der Waals surface area contributed by atoms with Crippen LogP contribution in [-0.2, 0) is 9.47 Å². The molecule has 0 aliphatic heterocycles. The fourth-order valence-electron chi connectivity index (χ4n) is 5.19. The summed E-state index contributed by atoms with van der Waals surface area (Å²) < 4.78 is 18.2. The lowest BCUT2D eigenvalue weighted by molar-refractivity contribution is -0.0570. The van der Waals surface area contributed by atoms with Crippen molar-refractivity contribution < 1.29 is 14.2 Å². The molecule has 5 aromatic rings. The molecule has 0 bridgehead atoms. The normalized spacial score (nSPS) is 13.0. The van der Waals surface area contributed by atoms with E-state index in [1.807, 2.05) is 30.3 Å². The average molecular weight is 626 g/mol. The second kappa shape index (κ2) is 14.3. The Labute approximate surface area is 273 Å². The molecule has 0 saturated carbocycles. The third-order valence-electron chi connectivity index (χ3n) is 8.51. The van der Waals surface area contributed by atoms with Crippen molar-refractivity contribution in [2.75, 3.05) is 38.3 Å². The zero-order chi connectivity index (χ0) is 32.9. The van der Waals surface area contributed by atoms with E-state index in [4.69, 9.17) is 24.2 Å². The van der Waals surface area contributed by atoms with Crippen molar-refractivity contribution in [1.82, 2.24) is 19.9 Å². The van der Waals surface area contributed by atoms with Crippen LogP contribution in [0.3, 0.4) is 0 Å². The van der Waals surface area contributed by atoms with Gasteiger partial charge >= 0.3 is 0 Å². The molecule has 2 heterocycles. The number of hydrogen-bond donors (Lipinski definition) is 2. The van der Waals surface area contributed by atoms with E-state index in [0.717, 1.165) is 83.0 Å². The summed E-state index contributed by atoms with van der Waals surface area (Å²) >= 11 is 0. The second-order valence-electron chi connectivity index (χ2n) is 14.1. The van der Waals surface area contributed by atoms with Crippen molar-refractivity contribution in [3.63, 3.8) is 0 Å². The maximum Gasteiger partial charge on any atom is 0.138 e. The van der Waals surface area contributed by atoms with Crippen LogP contribution in [0.4, 0.5) is 5.69 Å². The maximum absolute atomic E-state index is 6.11. The van der Waals surface area contributed by atoms with Crippen LogP contribution >= 0.6 is 0 Å². The number of nitrogens with zero attached hydrogens (tertiary/aromatic N) is 3. The molecule has 2 aromatic heterocycles. The van der Waals surface area contributed by atoms with Crippen LogP contribution in [0.5, 0.6) is 5.75 Å². The molecule has 46 heavy (non-hydrogen) atoms. The van der Waals surface area contributed by atoms with Gasteiger partial charge in [0.2, 0.25) is 0 Å². The third kappa shape index (κ3) is 8.89. The van der Waals surface area contributed by atoms with Gasteiger partial charge in [-0.3, -0.25) is 0 Å². The lowest BCUT2D eigenvalue weighted by Gasteiger charge is -2.28. The van der Waals surface area contributed by atoms with Gasteiger partial charge in [-0.05, 0) is 107 Å². The van der Waals surface area contributed by atoms with Gasteiger partial charge in [-0.1, -0.05) is 20.8 Å². The number of fused-ring (bicyclic) bond motifs is 2. The number of anilines is 1. The van der Waals surface area contributed by atoms with Gasteiger partial charge in [0, 0.05) is 50.0 Å². The van der Waals surface area contributed by atoms with Crippen LogP contribution < -0.4 is 9.64 Å². The van der Waals surface area contributed by atoms with E-state index >= 15 is 0 Å². The molecule has 1 atom stereocenters. The van der Waals surface area contributed by atoms with Crippen LogP contribution in [0.25, 0.3) is 44.8 Å². The molecule has 5 rings (SSSR count). The minimum atomic E-state index is -0.184. The van der Waals surface area contributed by atoms with Crippen molar-refractivity contribution in [3.05, 3.63) is 60.7 Å². The number of H-pyrrole nitrogens is 2. The summed E-state index contributed by atoms with van der Waals surface area (Å²) in [5, 5.41) is 0. The zero-order valence-electron chi connectivity index (χ0n) is 28.9. The molecule has 0 saturated heterocycles. The number of aromatic nitrogens is 4. The van der Waals surface area contributed by atoms with Gasteiger partial charge in [0.05, 0.1) is 40.4 Å². The quantitative estimate of drug-likeness (QED) is 0.121. The summed E-state index contributed by atoms with van der Waals surface area (Å²) in [6.45, 7) is 18.2. The molecule has 2 N–H and O–H groups in total. The van der Waals surface area contributed by atoms with Gasteiger partial charge in [0.1, 0.15) is 17.4 Å². The average Bonchev–Trinajstić information content (AvgIpc) is 3.64. The van der Waals surface area contributed by atoms with Crippen LogP contribution in [0, 0.1) is 5.41 Å². The fraction of sp³-hybridized carbons (Fsp3) is 0.474. The topological polar surface area (TPSA) is 88.3 Å². The Kier molecular flexibility index (Phi) is 10.4. The second-order valence-corrected chi connectivity index (χ2v) is 14.1. The van der Waals surface area contributed by atoms with Gasteiger partial charge in [0.15, 0.2) is 0 Å². The highest BCUT2D eigenvalue weighted by Gasteiger charge is 2.20. The van der Waals surface area contributed by atoms with Gasteiger partial charge in [-0.2, -0.15) is 0 Å². The third-order valence-corrected chi connectivity index (χ3v) is 8.51. The standard InChI is InChI=1S/C38H51N5O3/c1-9-43(8)29-13-17-32-34(25-29)42-36(40-32)28-12-16-31-33(24-28)41-35(39-31)27-10-14-30(15-11-27)45-21-18-26(2)44-22-20-38(6,7)46-23-19-37(3,4)5/h10-17,24-26H,9,18-23H2,1-8H3,(H,39,41)(H,40,42). The number of imidazole rings is 2. The lowest BCUT2D eigenvalue weighted by Crippen LogP contribution is -2.29. The molecule has 0 aliphatic carbocycles. The number of rotatable bonds is 15. The Hall–Kier alpha value is -3.88. The first kappa shape index (κ1) is 33.5. The Bertz CT molecular complexity index is 1710. The first-order valence-electron chi connectivity index (χ1n) is 16.6. The monoisotopic (exact) mass is 625 g/mol. The van der Waals surface area contributed by atoms with Crippen LogP contribution in [-0.4, -0.2) is 65.1 Å². The van der Waals surface area contributed by atoms with Gasteiger partial charge in [-0.15, -0.1) is 0 Å². The van der Waals surface area contributed by atoms with E-state index < -0.39 is 0 Å². The smallest absolute Gasteiger partial charge is 0.138 e. The van der Waals surface area contributed by atoms with E-state index in [1.165, 1.54) is 5.69 Å². The van der Waals surface area contributed by atoms with Crippen molar-refractivity contribution in [2.45, 2.75) is 79.4 Å². The maximum atomic E-state index is 6.11. The molecule has 246 valence electrons. The first-order valence-corrected chi connectivity index (χ1v) is 16.6. The van der Waals surface area contributed by atoms with E-state index in [9.17, 15) is 0 Å². The molecule has 1 unspecified atom stereocenters. The Morgan fingerprint density at radius 3 is 2.07 bits per heavy atom. The van der Waals surface area contributed by atoms with Crippen LogP contribution in [0.2, 0.25) is 0 Å². The molecule has 0 fully saturated rings. The largest absolute Gasteiger partial charge is 0.493 e. The molecular weight excluding hydrogens is 574 g/mol. The molecule has 0 radical (unpaired) electrons. The van der Waals surface area contributed by atoms with Crippen LogP contribution in [0.15, 0.2) is 60.7 Å². The molecule has 0 spiro atoms. The number of benzene rings is 3. The van der Waals surface area contributed by atoms with E-state index in [0.29, 0.717) is 13.2 Å². The number of ether oxygens (including phenoxy) is 3. The van der Waals surface area contributed by atoms with E-state index in [2.05, 4.69) is 101 Å². The van der Waals surface area contributed by atoms with Crippen molar-refractivity contribution in [3.8, 4) is 28.5 Å². The predicted molar refractivity (Wildman–Crippen MR) is 190 cm³/mol. The zero-order valence-corrected chi connectivity index (χ0v) is 28.9. The Morgan fingerprint density at radius 2 is 1.39 bits per heavy atom. The predicted octanol–water partition coefficient (Wildman–Crippen LogP) is 9.02. The number of nitrogens with one attached hydrogen (secondary N) is 2. The Balaban J connectivity index is 1.11. The first-order chi connectivity index (χ1) is 21.9. The molecule has 0 amide bonds. The number of aromatic amines is 2. The van der Waals surface area contributed by atoms with Gasteiger partial charge < -0.3 is 29.1 Å². The SMILES string of the molecule is CCN(C)c1ccc2nc(-c3ccc4nc(-c5ccc(OCCC(C)OCCC(C)(C)OCCC(C)(C)C)cc5)[nH]c4c3)[nH]c2c1. The number of hydrogen-bond acceptors (Lipinski definition) is 6. The molecular formula is C38H51N5O3. The highest BCUT2D eigenvalue weighted by molar-refractivity contribution is 5.87. The highest BCUT2D eigenvalue weighted by Crippen LogP contribution is 2.29. The summed E-state index contributed by atoms with van der Waals surface area (Å²) in [4.78, 5) is 18.9. The molecule has 3 aromatic carbocycles. The Morgan fingerprint density at radius 1 is 0.761 bits per heavy atom. The van der Waals surface area contributed by atoms with Gasteiger partial charge in [-0.25, -0.2) is 9.97 Å². The van der Waals surface area contributed by atoms with Crippen molar-refractivity contribution >= 4 is 27.8 Å². The molecule has 8 nitrogen and oxygen atoms in total. The minimum absolute atomic E-state index is 0.116. The molecule has 0 aliphatic rings. The highest BCUT2D eigenvalue weighted by atomic mass is 16.5. The van der Waals surface area contributed by atoms with E-state index in [1.54, 1.807) is 0 Å². The summed E-state index contributed by atoms with van der Waals surface area (Å²) in [6, 6.07) is 20.6. The van der Waals surface area contributed by atoms with Crippen molar-refractivity contribution in [1.29, 1.82) is 0 Å². The summed E-state index contributed by atoms with van der Waals surface area (Å²) in [5.74, 6) is 2.50. The summed E-state index contributed by atoms with van der Waals surface area (Å²) in [7, 11) is 2.09. The fourth-order valence-corrected chi connectivity index (χ4v) is 5.19. The van der Waals surface area contributed by atoms with E-state index in [-0.39, 0.29) is 17.1 Å². The van der Waals surface area contributed by atoms with Gasteiger partial charge in [0.25, 0.3) is 0 Å². The lowest BCUT2D eigenvalue weighted by atomic mass is 9.93. The molecule has 8 heteroatoms. The van der Waals surface area contributed by atoms with Crippen LogP contribution in [0.1, 0.15) is 67.7 Å². The van der Waals surface area contributed by atoms with Crippen molar-refractivity contribution in [2.24, 2.45) is 5.41 Å². The minimum Gasteiger partial charge on any atom is -0.493 e. The summed E-state index contributed by atoms with van der Waals surface area (Å²) in [5.41, 5.74) is 7.15. The summed E-state index contributed by atoms with van der Waals surface area (Å²) in [6.07, 6.45) is 2.85.